The molecular weight excluding hydrogens is 316 g/mol. The molecule has 0 spiro atoms. The summed E-state index contributed by atoms with van der Waals surface area (Å²) < 4.78 is 3.16. The molecule has 4 aromatic rings. The van der Waals surface area contributed by atoms with Crippen molar-refractivity contribution < 1.29 is 0 Å². The molecular formula is C19H18N4S. The molecule has 2 aromatic carbocycles. The Morgan fingerprint density at radius 1 is 1.12 bits per heavy atom. The Kier molecular flexibility index (Phi) is 4.09. The molecule has 1 atom stereocenters. The Labute approximate surface area is 144 Å². The van der Waals surface area contributed by atoms with E-state index in [2.05, 4.69) is 59.5 Å². The quantitative estimate of drug-likeness (QED) is 0.519. The molecule has 0 bridgehead atoms. The Hall–Kier alpha value is -2.53. The molecule has 2 heterocycles. The first-order chi connectivity index (χ1) is 11.8. The predicted molar refractivity (Wildman–Crippen MR) is 98.1 cm³/mol. The second-order valence-corrected chi connectivity index (χ2v) is 6.82. The molecule has 4 nitrogen and oxygen atoms in total. The Balaban J connectivity index is 1.75. The highest BCUT2D eigenvalue weighted by Gasteiger charge is 2.15. The van der Waals surface area contributed by atoms with Crippen molar-refractivity contribution in [3.63, 3.8) is 0 Å². The molecule has 1 unspecified atom stereocenters. The summed E-state index contributed by atoms with van der Waals surface area (Å²) in [4.78, 5) is 8.87. The number of rotatable bonds is 5. The first kappa shape index (κ1) is 15.0. The zero-order valence-electron chi connectivity index (χ0n) is 13.5. The average Bonchev–Trinajstić information content (AvgIpc) is 3.29. The maximum atomic E-state index is 4.78. The minimum atomic E-state index is 0.226. The van der Waals surface area contributed by atoms with E-state index < -0.39 is 0 Å². The fourth-order valence-electron chi connectivity index (χ4n) is 2.96. The fraction of sp³-hybridized carbons (Fsp3) is 0.211. The number of hydrogen-bond acceptors (Lipinski definition) is 4. The van der Waals surface area contributed by atoms with Gasteiger partial charge in [0.05, 0.1) is 16.3 Å². The molecule has 0 aliphatic heterocycles. The average molecular weight is 334 g/mol. The number of benzene rings is 2. The van der Waals surface area contributed by atoms with E-state index in [-0.39, 0.29) is 6.04 Å². The van der Waals surface area contributed by atoms with Crippen LogP contribution in [0.4, 0.5) is 0 Å². The summed E-state index contributed by atoms with van der Waals surface area (Å²) in [5.74, 6) is 0. The monoisotopic (exact) mass is 334 g/mol. The SMILES string of the molecule is CCCC(c1ccc2nc(-c3ccccc3)sc2c1)n1cncn1. The third kappa shape index (κ3) is 2.83. The van der Waals surface area contributed by atoms with Crippen molar-refractivity contribution in [2.75, 3.05) is 0 Å². The van der Waals surface area contributed by atoms with Gasteiger partial charge in [0.2, 0.25) is 0 Å². The molecule has 0 aliphatic carbocycles. The van der Waals surface area contributed by atoms with E-state index in [0.717, 1.165) is 23.4 Å². The van der Waals surface area contributed by atoms with E-state index in [9.17, 15) is 0 Å². The van der Waals surface area contributed by atoms with Crippen molar-refractivity contribution in [2.24, 2.45) is 0 Å². The summed E-state index contributed by atoms with van der Waals surface area (Å²) in [6.07, 6.45) is 5.54. The van der Waals surface area contributed by atoms with Crippen LogP contribution in [0.1, 0.15) is 31.4 Å². The molecule has 0 fully saturated rings. The van der Waals surface area contributed by atoms with Gasteiger partial charge in [-0.2, -0.15) is 5.10 Å². The minimum absolute atomic E-state index is 0.226. The highest BCUT2D eigenvalue weighted by molar-refractivity contribution is 7.21. The van der Waals surface area contributed by atoms with E-state index in [1.165, 1.54) is 15.8 Å². The van der Waals surface area contributed by atoms with Crippen molar-refractivity contribution in [1.29, 1.82) is 0 Å². The van der Waals surface area contributed by atoms with Crippen molar-refractivity contribution in [1.82, 2.24) is 19.7 Å². The predicted octanol–water partition coefficient (Wildman–Crippen LogP) is 4.94. The zero-order valence-corrected chi connectivity index (χ0v) is 14.3. The molecule has 2 aromatic heterocycles. The van der Waals surface area contributed by atoms with Gasteiger partial charge in [-0.15, -0.1) is 11.3 Å². The number of thiazole rings is 1. The lowest BCUT2D eigenvalue weighted by Crippen LogP contribution is -2.11. The molecule has 0 amide bonds. The van der Waals surface area contributed by atoms with E-state index >= 15 is 0 Å². The van der Waals surface area contributed by atoms with Crippen molar-refractivity contribution in [3.05, 3.63) is 66.7 Å². The van der Waals surface area contributed by atoms with Crippen LogP contribution in [0.25, 0.3) is 20.8 Å². The summed E-state index contributed by atoms with van der Waals surface area (Å²) in [6.45, 7) is 2.20. The third-order valence-corrected chi connectivity index (χ3v) is 5.20. The van der Waals surface area contributed by atoms with Crippen LogP contribution in [0.2, 0.25) is 0 Å². The Morgan fingerprint density at radius 3 is 2.75 bits per heavy atom. The van der Waals surface area contributed by atoms with Gasteiger partial charge in [0, 0.05) is 5.56 Å². The molecule has 0 saturated carbocycles. The number of nitrogens with zero attached hydrogens (tertiary/aromatic N) is 4. The van der Waals surface area contributed by atoms with Crippen LogP contribution in [0, 0.1) is 0 Å². The molecule has 24 heavy (non-hydrogen) atoms. The van der Waals surface area contributed by atoms with E-state index in [4.69, 9.17) is 4.98 Å². The molecule has 4 rings (SSSR count). The topological polar surface area (TPSA) is 43.6 Å². The zero-order chi connectivity index (χ0) is 16.4. The van der Waals surface area contributed by atoms with Crippen LogP contribution in [-0.4, -0.2) is 19.7 Å². The van der Waals surface area contributed by atoms with Gasteiger partial charge in [-0.25, -0.2) is 14.6 Å². The normalized spacial score (nSPS) is 12.5. The highest BCUT2D eigenvalue weighted by Crippen LogP contribution is 2.33. The third-order valence-electron chi connectivity index (χ3n) is 4.14. The van der Waals surface area contributed by atoms with Crippen molar-refractivity contribution in [2.45, 2.75) is 25.8 Å². The van der Waals surface area contributed by atoms with Crippen molar-refractivity contribution in [3.8, 4) is 10.6 Å². The maximum absolute atomic E-state index is 4.78. The second kappa shape index (κ2) is 6.53. The lowest BCUT2D eigenvalue weighted by Gasteiger charge is -2.16. The minimum Gasteiger partial charge on any atom is -0.245 e. The Morgan fingerprint density at radius 2 is 2.00 bits per heavy atom. The lowest BCUT2D eigenvalue weighted by atomic mass is 10.0. The Bertz CT molecular complexity index is 929. The van der Waals surface area contributed by atoms with Gasteiger partial charge >= 0.3 is 0 Å². The van der Waals surface area contributed by atoms with Gasteiger partial charge in [-0.3, -0.25) is 0 Å². The highest BCUT2D eigenvalue weighted by atomic mass is 32.1. The fourth-order valence-corrected chi connectivity index (χ4v) is 3.98. The molecule has 5 heteroatoms. The van der Waals surface area contributed by atoms with Crippen LogP contribution < -0.4 is 0 Å². The van der Waals surface area contributed by atoms with Gasteiger partial charge in [-0.05, 0) is 24.1 Å². The number of fused-ring (bicyclic) bond motifs is 1. The van der Waals surface area contributed by atoms with Gasteiger partial charge in [0.1, 0.15) is 17.7 Å². The smallest absolute Gasteiger partial charge is 0.137 e. The van der Waals surface area contributed by atoms with Crippen LogP contribution in [0.15, 0.2) is 61.2 Å². The lowest BCUT2D eigenvalue weighted by molar-refractivity contribution is 0.483. The molecule has 0 aliphatic rings. The van der Waals surface area contributed by atoms with Crippen LogP contribution in [0.5, 0.6) is 0 Å². The summed E-state index contributed by atoms with van der Waals surface area (Å²) in [7, 11) is 0. The summed E-state index contributed by atoms with van der Waals surface area (Å²) in [6, 6.07) is 17.1. The van der Waals surface area contributed by atoms with Gasteiger partial charge in [0.25, 0.3) is 0 Å². The molecule has 0 saturated heterocycles. The largest absolute Gasteiger partial charge is 0.245 e. The molecule has 0 radical (unpaired) electrons. The standard InChI is InChI=1S/C19H18N4S/c1-2-6-17(23-13-20-12-21-23)15-9-10-16-18(11-15)24-19(22-16)14-7-4-3-5-8-14/h3-5,7-13,17H,2,6H2,1H3. The number of aromatic nitrogens is 4. The van der Waals surface area contributed by atoms with Gasteiger partial charge in [-0.1, -0.05) is 49.7 Å². The summed E-state index contributed by atoms with van der Waals surface area (Å²) in [5, 5.41) is 5.40. The summed E-state index contributed by atoms with van der Waals surface area (Å²) >= 11 is 1.74. The van der Waals surface area contributed by atoms with E-state index in [1.807, 2.05) is 10.7 Å². The first-order valence-electron chi connectivity index (χ1n) is 8.15. The first-order valence-corrected chi connectivity index (χ1v) is 8.97. The van der Waals surface area contributed by atoms with E-state index in [0.29, 0.717) is 0 Å². The van der Waals surface area contributed by atoms with Crippen LogP contribution >= 0.6 is 11.3 Å². The van der Waals surface area contributed by atoms with E-state index in [1.54, 1.807) is 24.0 Å². The van der Waals surface area contributed by atoms with Crippen LogP contribution in [0.3, 0.4) is 0 Å². The number of hydrogen-bond donors (Lipinski definition) is 0. The van der Waals surface area contributed by atoms with Crippen LogP contribution in [-0.2, 0) is 0 Å². The maximum Gasteiger partial charge on any atom is 0.137 e. The van der Waals surface area contributed by atoms with Gasteiger partial charge < -0.3 is 0 Å². The summed E-state index contributed by atoms with van der Waals surface area (Å²) in [5.41, 5.74) is 3.48. The molecule has 0 N–H and O–H groups in total. The second-order valence-electron chi connectivity index (χ2n) is 5.79. The van der Waals surface area contributed by atoms with Crippen molar-refractivity contribution >= 4 is 21.6 Å². The van der Waals surface area contributed by atoms with Gasteiger partial charge in [0.15, 0.2) is 0 Å². The molecule has 120 valence electrons.